The molecule has 0 spiro atoms. The van der Waals surface area contributed by atoms with Gasteiger partial charge >= 0.3 is 0 Å². The van der Waals surface area contributed by atoms with Crippen molar-refractivity contribution in [2.24, 2.45) is 0 Å². The summed E-state index contributed by atoms with van der Waals surface area (Å²) in [6.07, 6.45) is 0. The Hall–Kier alpha value is -0.0900. The summed E-state index contributed by atoms with van der Waals surface area (Å²) in [6.45, 7) is 1.37. The minimum atomic E-state index is -3.66. The molecule has 36 valence electrons. The molecule has 0 bridgehead atoms. The van der Waals surface area contributed by atoms with E-state index < -0.39 is 10.0 Å². The van der Waals surface area contributed by atoms with Crippen LogP contribution in [-0.2, 0) is 10.0 Å². The molecule has 0 saturated heterocycles. The van der Waals surface area contributed by atoms with E-state index in [-0.39, 0.29) is 5.75 Å². The van der Waals surface area contributed by atoms with Crippen LogP contribution in [0.4, 0.5) is 0 Å². The highest BCUT2D eigenvalue weighted by molar-refractivity contribution is 7.88. The second-order valence-electron chi connectivity index (χ2n) is 0.871. The summed E-state index contributed by atoms with van der Waals surface area (Å²) in [5.41, 5.74) is 0. The van der Waals surface area contributed by atoms with Crippen molar-refractivity contribution >= 4 is 10.0 Å². The highest BCUT2D eigenvalue weighted by atomic mass is 32.2. The standard InChI is InChI=1S/C2H5NO2S/c1-2-6(3,4)5/h2H2,1H3. The molecule has 3 nitrogen and oxygen atoms in total. The lowest BCUT2D eigenvalue weighted by atomic mass is 11.0. The quantitative estimate of drug-likeness (QED) is 0.449. The van der Waals surface area contributed by atoms with Gasteiger partial charge in [-0.05, 0) is 12.1 Å². The molecule has 0 aliphatic carbocycles. The Morgan fingerprint density at radius 3 is 1.83 bits per heavy atom. The van der Waals surface area contributed by atoms with Gasteiger partial charge in [-0.3, -0.25) is 0 Å². The third kappa shape index (κ3) is 3.91. The molecule has 0 amide bonds. The predicted molar refractivity (Wildman–Crippen MR) is 21.6 cm³/mol. The molecule has 0 heterocycles. The molecular weight excluding hydrogens is 102 g/mol. The maximum atomic E-state index is 9.56. The van der Waals surface area contributed by atoms with E-state index in [1.165, 1.54) is 6.92 Å². The molecule has 0 saturated carbocycles. The van der Waals surface area contributed by atoms with Gasteiger partial charge in [-0.2, -0.15) is 0 Å². The Balaban J connectivity index is 3.85. The molecule has 2 radical (unpaired) electrons. The predicted octanol–water partition coefficient (Wildman–Crippen LogP) is -0.595. The summed E-state index contributed by atoms with van der Waals surface area (Å²) in [4.78, 5) is 0. The van der Waals surface area contributed by atoms with Gasteiger partial charge in [0.05, 0.1) is 5.75 Å². The van der Waals surface area contributed by atoms with E-state index >= 15 is 0 Å². The topological polar surface area (TPSA) is 56.4 Å². The van der Waals surface area contributed by atoms with Crippen LogP contribution in [-0.4, -0.2) is 14.2 Å². The lowest BCUT2D eigenvalue weighted by Crippen LogP contribution is -2.00. The van der Waals surface area contributed by atoms with Crippen LogP contribution in [0.15, 0.2) is 0 Å². The molecule has 0 aliphatic heterocycles. The van der Waals surface area contributed by atoms with Crippen LogP contribution < -0.4 is 5.14 Å². The second-order valence-corrected chi connectivity index (χ2v) is 2.61. The molecule has 0 aromatic carbocycles. The summed E-state index contributed by atoms with van der Waals surface area (Å²) in [5, 5.41) is 7.80. The zero-order valence-electron chi connectivity index (χ0n) is 3.38. The van der Waals surface area contributed by atoms with Crippen molar-refractivity contribution in [3.63, 3.8) is 0 Å². The first kappa shape index (κ1) is 5.91. The normalized spacial score (nSPS) is 11.7. The van der Waals surface area contributed by atoms with Gasteiger partial charge in [0.2, 0.25) is 10.0 Å². The summed E-state index contributed by atoms with van der Waals surface area (Å²) in [7, 11) is -3.66. The van der Waals surface area contributed by atoms with E-state index in [4.69, 9.17) is 5.14 Å². The first-order chi connectivity index (χ1) is 2.56. The van der Waals surface area contributed by atoms with Crippen LogP contribution in [0.3, 0.4) is 0 Å². The third-order valence-corrected chi connectivity index (χ3v) is 1.09. The van der Waals surface area contributed by atoms with Gasteiger partial charge in [0.25, 0.3) is 0 Å². The van der Waals surface area contributed by atoms with E-state index in [2.05, 4.69) is 0 Å². The molecule has 0 aromatic heterocycles. The van der Waals surface area contributed by atoms with Crippen molar-refractivity contribution in [1.29, 1.82) is 0 Å². The number of rotatable bonds is 1. The number of hydrogen-bond donors (Lipinski definition) is 0. The van der Waals surface area contributed by atoms with Crippen molar-refractivity contribution in [1.82, 2.24) is 5.14 Å². The summed E-state index contributed by atoms with van der Waals surface area (Å²) in [6, 6.07) is 0. The average molecular weight is 107 g/mol. The Morgan fingerprint density at radius 2 is 1.83 bits per heavy atom. The zero-order valence-corrected chi connectivity index (χ0v) is 4.20. The smallest absolute Gasteiger partial charge is 0.209 e. The van der Waals surface area contributed by atoms with Gasteiger partial charge in [-0.1, -0.05) is 0 Å². The highest BCUT2D eigenvalue weighted by Gasteiger charge is 1.95. The second kappa shape index (κ2) is 1.57. The van der Waals surface area contributed by atoms with Crippen LogP contribution in [0, 0.1) is 0 Å². The zero-order chi connectivity index (χ0) is 5.21. The summed E-state index contributed by atoms with van der Waals surface area (Å²) < 4.78 is 19.1. The van der Waals surface area contributed by atoms with Gasteiger partial charge in [-0.25, -0.2) is 8.42 Å². The van der Waals surface area contributed by atoms with Gasteiger partial charge in [0, 0.05) is 0 Å². The molecule has 0 unspecified atom stereocenters. The van der Waals surface area contributed by atoms with Crippen molar-refractivity contribution in [2.45, 2.75) is 6.92 Å². The number of nitrogens with zero attached hydrogens (tertiary/aromatic N) is 1. The maximum Gasteiger partial charge on any atom is 0.244 e. The van der Waals surface area contributed by atoms with Crippen molar-refractivity contribution in [2.75, 3.05) is 5.75 Å². The minimum absolute atomic E-state index is 0.201. The van der Waals surface area contributed by atoms with Gasteiger partial charge in [0.1, 0.15) is 0 Å². The minimum Gasteiger partial charge on any atom is -0.209 e. The SMILES string of the molecule is CCS([N])(=O)=O. The van der Waals surface area contributed by atoms with Crippen LogP contribution >= 0.6 is 0 Å². The fourth-order valence-corrected chi connectivity index (χ4v) is 0. The van der Waals surface area contributed by atoms with Crippen LogP contribution in [0.2, 0.25) is 0 Å². The van der Waals surface area contributed by atoms with E-state index in [0.717, 1.165) is 0 Å². The van der Waals surface area contributed by atoms with E-state index in [0.29, 0.717) is 0 Å². The molecule has 0 N–H and O–H groups in total. The van der Waals surface area contributed by atoms with E-state index in [1.54, 1.807) is 0 Å². The van der Waals surface area contributed by atoms with E-state index in [9.17, 15) is 8.42 Å². The van der Waals surface area contributed by atoms with Gasteiger partial charge in [0.15, 0.2) is 0 Å². The van der Waals surface area contributed by atoms with Crippen molar-refractivity contribution < 1.29 is 8.42 Å². The summed E-state index contributed by atoms with van der Waals surface area (Å²) in [5.74, 6) is -0.201. The average Bonchev–Trinajstić information content (AvgIpc) is 1.35. The van der Waals surface area contributed by atoms with Crippen LogP contribution in [0.1, 0.15) is 6.92 Å². The maximum absolute atomic E-state index is 9.56. The highest BCUT2D eigenvalue weighted by Crippen LogP contribution is 1.72. The van der Waals surface area contributed by atoms with Crippen molar-refractivity contribution in [3.8, 4) is 0 Å². The van der Waals surface area contributed by atoms with Crippen molar-refractivity contribution in [3.05, 3.63) is 0 Å². The first-order valence-corrected chi connectivity index (χ1v) is 3.12. The Bertz CT molecular complexity index is 114. The molecule has 6 heavy (non-hydrogen) atoms. The molecule has 0 aromatic rings. The molecule has 0 rings (SSSR count). The Labute approximate surface area is 37.2 Å². The third-order valence-electron chi connectivity index (χ3n) is 0.365. The number of sulfonamides is 1. The first-order valence-electron chi connectivity index (χ1n) is 1.51. The molecule has 4 heteroatoms. The summed E-state index contributed by atoms with van der Waals surface area (Å²) >= 11 is 0. The Morgan fingerprint density at radius 1 is 1.67 bits per heavy atom. The fourth-order valence-electron chi connectivity index (χ4n) is 0. The molecular formula is C2H5NO2S. The lowest BCUT2D eigenvalue weighted by molar-refractivity contribution is 0.597. The van der Waals surface area contributed by atoms with Gasteiger partial charge in [-0.15, -0.1) is 0 Å². The molecule has 0 atom stereocenters. The largest absolute Gasteiger partial charge is 0.244 e. The molecule has 0 aliphatic rings. The van der Waals surface area contributed by atoms with E-state index in [1.807, 2.05) is 0 Å². The lowest BCUT2D eigenvalue weighted by Gasteiger charge is -1.76. The fraction of sp³-hybridized carbons (Fsp3) is 1.00. The van der Waals surface area contributed by atoms with Gasteiger partial charge < -0.3 is 0 Å². The Kier molecular flexibility index (Phi) is 1.55. The number of hydrogen-bond acceptors (Lipinski definition) is 2. The van der Waals surface area contributed by atoms with Crippen LogP contribution in [0.25, 0.3) is 0 Å². The molecule has 0 fully saturated rings. The van der Waals surface area contributed by atoms with Crippen LogP contribution in [0.5, 0.6) is 0 Å². The monoisotopic (exact) mass is 107 g/mol.